The van der Waals surface area contributed by atoms with E-state index in [0.717, 1.165) is 15.4 Å². The second-order valence-electron chi connectivity index (χ2n) is 3.82. The third-order valence-electron chi connectivity index (χ3n) is 2.31. The van der Waals surface area contributed by atoms with E-state index in [0.29, 0.717) is 0 Å². The van der Waals surface area contributed by atoms with E-state index < -0.39 is 0 Å². The van der Waals surface area contributed by atoms with Crippen LogP contribution in [0.15, 0.2) is 28.9 Å². The van der Waals surface area contributed by atoms with Crippen LogP contribution in [-0.4, -0.2) is 34.7 Å². The van der Waals surface area contributed by atoms with Crippen LogP contribution >= 0.6 is 15.9 Å². The molecule has 0 N–H and O–H groups in total. The van der Waals surface area contributed by atoms with Gasteiger partial charge in [-0.25, -0.2) is 0 Å². The Morgan fingerprint density at radius 3 is 2.94 bits per heavy atom. The number of halogens is 1. The van der Waals surface area contributed by atoms with E-state index in [2.05, 4.69) is 21.0 Å². The van der Waals surface area contributed by atoms with Gasteiger partial charge < -0.3 is 4.90 Å². The molecule has 5 heteroatoms. The third kappa shape index (κ3) is 2.24. The number of benzene rings is 1. The van der Waals surface area contributed by atoms with E-state index in [1.54, 1.807) is 23.7 Å². The molecule has 1 heterocycles. The molecule has 2 aromatic rings. The summed E-state index contributed by atoms with van der Waals surface area (Å²) in [4.78, 5) is 13.1. The monoisotopic (exact) mass is 281 g/mol. The Morgan fingerprint density at radius 1 is 1.50 bits per heavy atom. The molecule has 0 saturated heterocycles. The Kier molecular flexibility index (Phi) is 2.96. The Bertz CT molecular complexity index is 533. The number of fused-ring (bicyclic) bond motifs is 1. The van der Waals surface area contributed by atoms with Gasteiger partial charge in [0.05, 0.1) is 5.52 Å². The van der Waals surface area contributed by atoms with Crippen molar-refractivity contribution in [3.05, 3.63) is 28.9 Å². The van der Waals surface area contributed by atoms with Gasteiger partial charge in [-0.15, -0.1) is 0 Å². The van der Waals surface area contributed by atoms with Crippen LogP contribution in [0.3, 0.4) is 0 Å². The zero-order valence-electron chi connectivity index (χ0n) is 9.14. The number of carbonyl (C=O) groups excluding carboxylic acids is 1. The lowest BCUT2D eigenvalue weighted by Gasteiger charge is -2.09. The lowest BCUT2D eigenvalue weighted by atomic mass is 10.3. The summed E-state index contributed by atoms with van der Waals surface area (Å²) in [6.07, 6.45) is 1.88. The number of hydrogen-bond acceptors (Lipinski definition) is 2. The lowest BCUT2D eigenvalue weighted by molar-refractivity contribution is -0.129. The van der Waals surface area contributed by atoms with Crippen LogP contribution in [0.5, 0.6) is 0 Å². The topological polar surface area (TPSA) is 38.1 Å². The van der Waals surface area contributed by atoms with Gasteiger partial charge in [-0.3, -0.25) is 9.48 Å². The normalized spacial score (nSPS) is 10.7. The van der Waals surface area contributed by atoms with Crippen LogP contribution < -0.4 is 0 Å². The number of aromatic nitrogens is 2. The van der Waals surface area contributed by atoms with Crippen LogP contribution in [0.4, 0.5) is 0 Å². The molecular weight excluding hydrogens is 270 g/mol. The first-order valence-corrected chi connectivity index (χ1v) is 5.68. The summed E-state index contributed by atoms with van der Waals surface area (Å²) in [5.74, 6) is 0.0341. The van der Waals surface area contributed by atoms with Gasteiger partial charge in [0, 0.05) is 30.2 Å². The van der Waals surface area contributed by atoms with Crippen LogP contribution in [0.1, 0.15) is 0 Å². The molecule has 0 unspecified atom stereocenters. The molecule has 0 aliphatic rings. The molecule has 1 aromatic carbocycles. The van der Waals surface area contributed by atoms with E-state index in [4.69, 9.17) is 0 Å². The molecule has 1 aromatic heterocycles. The zero-order valence-corrected chi connectivity index (χ0v) is 10.7. The third-order valence-corrected chi connectivity index (χ3v) is 2.80. The van der Waals surface area contributed by atoms with Crippen LogP contribution in [0, 0.1) is 0 Å². The molecule has 0 bridgehead atoms. The molecule has 4 nitrogen and oxygen atoms in total. The van der Waals surface area contributed by atoms with Gasteiger partial charge in [0.2, 0.25) is 5.91 Å². The molecule has 16 heavy (non-hydrogen) atoms. The quantitative estimate of drug-likeness (QED) is 0.843. The summed E-state index contributed by atoms with van der Waals surface area (Å²) in [6.45, 7) is 0.277. The molecule has 1 amide bonds. The summed E-state index contributed by atoms with van der Waals surface area (Å²) in [6, 6.07) is 5.85. The Morgan fingerprint density at radius 2 is 2.25 bits per heavy atom. The molecule has 0 aliphatic carbocycles. The first kappa shape index (κ1) is 11.1. The summed E-state index contributed by atoms with van der Waals surface area (Å²) >= 11 is 3.40. The minimum atomic E-state index is 0.0341. The van der Waals surface area contributed by atoms with Crippen molar-refractivity contribution in [2.45, 2.75) is 6.54 Å². The number of likely N-dealkylation sites (N-methyl/N-ethyl adjacent to an activating group) is 1. The molecule has 0 aliphatic heterocycles. The van der Waals surface area contributed by atoms with Gasteiger partial charge in [0.25, 0.3) is 0 Å². The second-order valence-corrected chi connectivity index (χ2v) is 4.73. The van der Waals surface area contributed by atoms with Crippen molar-refractivity contribution < 1.29 is 4.79 Å². The number of nitrogens with zero attached hydrogens (tertiary/aromatic N) is 3. The highest BCUT2D eigenvalue weighted by molar-refractivity contribution is 9.10. The van der Waals surface area contributed by atoms with Crippen molar-refractivity contribution in [1.82, 2.24) is 14.7 Å². The number of carbonyl (C=O) groups is 1. The molecule has 0 saturated carbocycles. The number of rotatable bonds is 2. The maximum Gasteiger partial charge on any atom is 0.243 e. The van der Waals surface area contributed by atoms with Gasteiger partial charge >= 0.3 is 0 Å². The maximum atomic E-state index is 11.5. The fraction of sp³-hybridized carbons (Fsp3) is 0.273. The summed E-state index contributed by atoms with van der Waals surface area (Å²) in [7, 11) is 3.48. The molecule has 0 fully saturated rings. The predicted octanol–water partition coefficient (Wildman–Crippen LogP) is 1.89. The van der Waals surface area contributed by atoms with Gasteiger partial charge in [-0.2, -0.15) is 5.10 Å². The Labute approximate surface area is 102 Å². The summed E-state index contributed by atoms with van der Waals surface area (Å²) in [5, 5.41) is 5.35. The minimum absolute atomic E-state index is 0.0341. The summed E-state index contributed by atoms with van der Waals surface area (Å²) < 4.78 is 2.68. The summed E-state index contributed by atoms with van der Waals surface area (Å²) in [5.41, 5.74) is 0.898. The molecule has 0 spiro atoms. The van der Waals surface area contributed by atoms with Crippen molar-refractivity contribution in [2.24, 2.45) is 0 Å². The van der Waals surface area contributed by atoms with Crippen LogP contribution in [0.25, 0.3) is 10.9 Å². The van der Waals surface area contributed by atoms with E-state index >= 15 is 0 Å². The highest BCUT2D eigenvalue weighted by Gasteiger charge is 2.07. The average Bonchev–Trinajstić information content (AvgIpc) is 2.58. The molecule has 2 rings (SSSR count). The first-order chi connectivity index (χ1) is 7.56. The van der Waals surface area contributed by atoms with Gasteiger partial charge in [-0.05, 0) is 18.2 Å². The van der Waals surface area contributed by atoms with Gasteiger partial charge in [0.15, 0.2) is 0 Å². The first-order valence-electron chi connectivity index (χ1n) is 4.89. The van der Waals surface area contributed by atoms with Crippen molar-refractivity contribution >= 4 is 32.7 Å². The van der Waals surface area contributed by atoms with Crippen molar-refractivity contribution in [3.8, 4) is 0 Å². The highest BCUT2D eigenvalue weighted by atomic mass is 79.9. The fourth-order valence-corrected chi connectivity index (χ4v) is 1.79. The standard InChI is InChI=1S/C11H12BrN3O/c1-14(2)11(16)7-15-6-8-5-9(12)3-4-10(8)13-15/h3-6H,7H2,1-2H3. The minimum Gasteiger partial charge on any atom is -0.347 e. The lowest BCUT2D eigenvalue weighted by Crippen LogP contribution is -2.26. The van der Waals surface area contributed by atoms with E-state index in [1.165, 1.54) is 0 Å². The Balaban J connectivity index is 2.29. The number of amides is 1. The van der Waals surface area contributed by atoms with E-state index in [1.807, 2.05) is 24.4 Å². The van der Waals surface area contributed by atoms with Gasteiger partial charge in [-0.1, -0.05) is 15.9 Å². The SMILES string of the molecule is CN(C)C(=O)Cn1cc2cc(Br)ccc2n1. The molecule has 84 valence electrons. The predicted molar refractivity (Wildman–Crippen MR) is 66.1 cm³/mol. The smallest absolute Gasteiger partial charge is 0.243 e. The molecule has 0 atom stereocenters. The average molecular weight is 282 g/mol. The van der Waals surface area contributed by atoms with E-state index in [9.17, 15) is 4.79 Å². The second kappa shape index (κ2) is 4.25. The maximum absolute atomic E-state index is 11.5. The fourth-order valence-electron chi connectivity index (χ4n) is 1.41. The van der Waals surface area contributed by atoms with Crippen LogP contribution in [0.2, 0.25) is 0 Å². The Hall–Kier alpha value is -1.36. The highest BCUT2D eigenvalue weighted by Crippen LogP contribution is 2.18. The van der Waals surface area contributed by atoms with Crippen molar-refractivity contribution in [3.63, 3.8) is 0 Å². The number of hydrogen-bond donors (Lipinski definition) is 0. The van der Waals surface area contributed by atoms with Crippen molar-refractivity contribution in [2.75, 3.05) is 14.1 Å². The largest absolute Gasteiger partial charge is 0.347 e. The molecular formula is C11H12BrN3O. The van der Waals surface area contributed by atoms with Crippen LogP contribution in [-0.2, 0) is 11.3 Å². The van der Waals surface area contributed by atoms with Gasteiger partial charge in [0.1, 0.15) is 6.54 Å². The zero-order chi connectivity index (χ0) is 11.7. The van der Waals surface area contributed by atoms with Crippen molar-refractivity contribution in [1.29, 1.82) is 0 Å². The van der Waals surface area contributed by atoms with E-state index in [-0.39, 0.29) is 12.5 Å². The molecule has 0 radical (unpaired) electrons.